The molecule has 1 saturated heterocycles. The van der Waals surface area contributed by atoms with Gasteiger partial charge in [0.2, 0.25) is 5.54 Å². The molecular weight excluding hydrogens is 239 g/mol. The SMILES string of the molecule is COC(=O)C(C)(NCC1CCCO1)C(F)(F)F. The molecule has 1 fully saturated rings. The number of rotatable bonds is 4. The van der Waals surface area contributed by atoms with Gasteiger partial charge in [-0.2, -0.15) is 13.2 Å². The first kappa shape index (κ1) is 14.2. The summed E-state index contributed by atoms with van der Waals surface area (Å²) in [5, 5.41) is 2.20. The quantitative estimate of drug-likeness (QED) is 0.768. The highest BCUT2D eigenvalue weighted by Gasteiger charge is 2.57. The summed E-state index contributed by atoms with van der Waals surface area (Å²) in [4.78, 5) is 11.2. The minimum absolute atomic E-state index is 0.0227. The van der Waals surface area contributed by atoms with Gasteiger partial charge in [-0.15, -0.1) is 0 Å². The normalized spacial score (nSPS) is 24.4. The lowest BCUT2D eigenvalue weighted by atomic mass is 10.0. The summed E-state index contributed by atoms with van der Waals surface area (Å²) in [5.74, 6) is -1.34. The summed E-state index contributed by atoms with van der Waals surface area (Å²) in [5.41, 5.74) is -2.69. The first-order chi connectivity index (χ1) is 7.81. The summed E-state index contributed by atoms with van der Waals surface area (Å²) in [6.45, 7) is 1.30. The minimum Gasteiger partial charge on any atom is -0.467 e. The van der Waals surface area contributed by atoms with E-state index in [-0.39, 0.29) is 12.6 Å². The standard InChI is InChI=1S/C10H16F3NO3/c1-9(8(15)16-2,10(11,12)13)14-6-7-4-3-5-17-7/h7,14H,3-6H2,1-2H3. The van der Waals surface area contributed by atoms with Crippen molar-refractivity contribution in [2.75, 3.05) is 20.3 Å². The minimum atomic E-state index is -4.71. The third-order valence-corrected chi connectivity index (χ3v) is 2.87. The molecule has 0 aromatic carbocycles. The Hall–Kier alpha value is -0.820. The summed E-state index contributed by atoms with van der Waals surface area (Å²) in [6.07, 6.45) is -3.46. The van der Waals surface area contributed by atoms with Gasteiger partial charge in [-0.3, -0.25) is 5.32 Å². The number of esters is 1. The van der Waals surface area contributed by atoms with Crippen molar-refractivity contribution in [3.05, 3.63) is 0 Å². The Labute approximate surface area is 97.5 Å². The van der Waals surface area contributed by atoms with Gasteiger partial charge in [0.25, 0.3) is 0 Å². The van der Waals surface area contributed by atoms with Crippen LogP contribution < -0.4 is 5.32 Å². The fraction of sp³-hybridized carbons (Fsp3) is 0.900. The van der Waals surface area contributed by atoms with Gasteiger partial charge in [-0.25, -0.2) is 4.79 Å². The fourth-order valence-electron chi connectivity index (χ4n) is 1.62. The molecule has 1 aliphatic rings. The topological polar surface area (TPSA) is 47.6 Å². The summed E-state index contributed by atoms with van der Waals surface area (Å²) >= 11 is 0. The van der Waals surface area contributed by atoms with Gasteiger partial charge < -0.3 is 9.47 Å². The number of alkyl halides is 3. The first-order valence-corrected chi connectivity index (χ1v) is 5.33. The number of halogens is 3. The van der Waals surface area contributed by atoms with Crippen molar-refractivity contribution < 1.29 is 27.4 Å². The molecule has 17 heavy (non-hydrogen) atoms. The second-order valence-corrected chi connectivity index (χ2v) is 4.13. The third kappa shape index (κ3) is 3.10. The highest BCUT2D eigenvalue weighted by molar-refractivity contribution is 5.81. The van der Waals surface area contributed by atoms with Crippen molar-refractivity contribution in [2.24, 2.45) is 0 Å². The summed E-state index contributed by atoms with van der Waals surface area (Å²) in [7, 11) is 0.931. The van der Waals surface area contributed by atoms with Crippen molar-refractivity contribution in [2.45, 2.75) is 37.6 Å². The van der Waals surface area contributed by atoms with Gasteiger partial charge in [-0.05, 0) is 19.8 Å². The highest BCUT2D eigenvalue weighted by Crippen LogP contribution is 2.31. The van der Waals surface area contributed by atoms with E-state index in [9.17, 15) is 18.0 Å². The molecule has 2 atom stereocenters. The average molecular weight is 255 g/mol. The Morgan fingerprint density at radius 1 is 1.53 bits per heavy atom. The zero-order chi connectivity index (χ0) is 13.1. The average Bonchev–Trinajstić information content (AvgIpc) is 2.75. The van der Waals surface area contributed by atoms with Crippen LogP contribution >= 0.6 is 0 Å². The summed E-state index contributed by atoms with van der Waals surface area (Å²) in [6, 6.07) is 0. The molecule has 1 N–H and O–H groups in total. The molecule has 0 amide bonds. The van der Waals surface area contributed by atoms with Crippen LogP contribution in [-0.2, 0) is 14.3 Å². The maximum atomic E-state index is 12.8. The number of methoxy groups -OCH3 is 1. The van der Waals surface area contributed by atoms with Crippen LogP contribution in [-0.4, -0.2) is 44.0 Å². The van der Waals surface area contributed by atoms with Crippen LogP contribution in [0.25, 0.3) is 0 Å². The molecule has 0 aromatic heterocycles. The second kappa shape index (κ2) is 5.22. The zero-order valence-electron chi connectivity index (χ0n) is 9.76. The first-order valence-electron chi connectivity index (χ1n) is 5.33. The van der Waals surface area contributed by atoms with Gasteiger partial charge in [0.05, 0.1) is 13.2 Å². The lowest BCUT2D eigenvalue weighted by molar-refractivity contribution is -0.208. The van der Waals surface area contributed by atoms with E-state index in [2.05, 4.69) is 10.1 Å². The van der Waals surface area contributed by atoms with Crippen LogP contribution in [0.2, 0.25) is 0 Å². The Balaban J connectivity index is 2.66. The van der Waals surface area contributed by atoms with E-state index in [0.29, 0.717) is 13.0 Å². The molecular formula is C10H16F3NO3. The van der Waals surface area contributed by atoms with Crippen LogP contribution in [0.4, 0.5) is 13.2 Å². The Bertz CT molecular complexity index is 276. The van der Waals surface area contributed by atoms with E-state index in [1.807, 2.05) is 0 Å². The van der Waals surface area contributed by atoms with Crippen LogP contribution in [0.1, 0.15) is 19.8 Å². The Kier molecular flexibility index (Phi) is 4.37. The maximum Gasteiger partial charge on any atom is 0.417 e. The van der Waals surface area contributed by atoms with Gasteiger partial charge in [0.15, 0.2) is 0 Å². The second-order valence-electron chi connectivity index (χ2n) is 4.13. The zero-order valence-corrected chi connectivity index (χ0v) is 9.76. The highest BCUT2D eigenvalue weighted by atomic mass is 19.4. The summed E-state index contributed by atoms with van der Waals surface area (Å²) < 4.78 is 47.8. The van der Waals surface area contributed by atoms with E-state index < -0.39 is 17.7 Å². The van der Waals surface area contributed by atoms with Gasteiger partial charge >= 0.3 is 12.1 Å². The number of carbonyl (C=O) groups excluding carboxylic acids is 1. The molecule has 0 radical (unpaired) electrons. The van der Waals surface area contributed by atoms with Crippen LogP contribution in [0.5, 0.6) is 0 Å². The third-order valence-electron chi connectivity index (χ3n) is 2.87. The molecule has 100 valence electrons. The molecule has 7 heteroatoms. The molecule has 0 aliphatic carbocycles. The fourth-order valence-corrected chi connectivity index (χ4v) is 1.62. The number of hydrogen-bond donors (Lipinski definition) is 1. The van der Waals surface area contributed by atoms with Gasteiger partial charge in [0.1, 0.15) is 0 Å². The molecule has 0 bridgehead atoms. The largest absolute Gasteiger partial charge is 0.467 e. The molecule has 0 spiro atoms. The number of nitrogens with one attached hydrogen (secondary N) is 1. The van der Waals surface area contributed by atoms with E-state index in [1.54, 1.807) is 0 Å². The van der Waals surface area contributed by atoms with Crippen LogP contribution in [0.3, 0.4) is 0 Å². The number of hydrogen-bond acceptors (Lipinski definition) is 4. The van der Waals surface area contributed by atoms with E-state index in [4.69, 9.17) is 4.74 Å². The molecule has 1 heterocycles. The number of carbonyl (C=O) groups is 1. The maximum absolute atomic E-state index is 12.8. The predicted octanol–water partition coefficient (Wildman–Crippen LogP) is 1.25. The van der Waals surface area contributed by atoms with Crippen molar-refractivity contribution in [3.63, 3.8) is 0 Å². The van der Waals surface area contributed by atoms with Crippen molar-refractivity contribution in [3.8, 4) is 0 Å². The smallest absolute Gasteiger partial charge is 0.417 e. The van der Waals surface area contributed by atoms with Crippen LogP contribution in [0.15, 0.2) is 0 Å². The molecule has 1 rings (SSSR count). The molecule has 1 aliphatic heterocycles. The van der Waals surface area contributed by atoms with Crippen LogP contribution in [0, 0.1) is 0 Å². The molecule has 0 aromatic rings. The number of ether oxygens (including phenoxy) is 2. The Morgan fingerprint density at radius 2 is 2.18 bits per heavy atom. The molecule has 0 saturated carbocycles. The lowest BCUT2D eigenvalue weighted by Gasteiger charge is -2.31. The molecule has 2 unspecified atom stereocenters. The molecule has 4 nitrogen and oxygen atoms in total. The van der Waals surface area contributed by atoms with Gasteiger partial charge in [-0.1, -0.05) is 0 Å². The van der Waals surface area contributed by atoms with E-state index >= 15 is 0 Å². The lowest BCUT2D eigenvalue weighted by Crippen LogP contribution is -2.61. The Morgan fingerprint density at radius 3 is 2.59 bits per heavy atom. The monoisotopic (exact) mass is 255 g/mol. The van der Waals surface area contributed by atoms with Gasteiger partial charge in [0, 0.05) is 13.2 Å². The van der Waals surface area contributed by atoms with Crippen molar-refractivity contribution >= 4 is 5.97 Å². The van der Waals surface area contributed by atoms with E-state index in [1.165, 1.54) is 0 Å². The predicted molar refractivity (Wildman–Crippen MR) is 53.5 cm³/mol. The van der Waals surface area contributed by atoms with Crippen molar-refractivity contribution in [1.29, 1.82) is 0 Å². The van der Waals surface area contributed by atoms with Crippen molar-refractivity contribution in [1.82, 2.24) is 5.32 Å². The van der Waals surface area contributed by atoms with E-state index in [0.717, 1.165) is 20.5 Å².